The lowest BCUT2D eigenvalue weighted by Crippen LogP contribution is -2.21. The summed E-state index contributed by atoms with van der Waals surface area (Å²) in [5.74, 6) is -2.10. The number of ketones is 1. The van der Waals surface area contributed by atoms with Crippen LogP contribution in [0.3, 0.4) is 0 Å². The molecule has 0 aliphatic heterocycles. The van der Waals surface area contributed by atoms with E-state index in [0.717, 1.165) is 0 Å². The first-order valence-corrected chi connectivity index (χ1v) is 3.65. The summed E-state index contributed by atoms with van der Waals surface area (Å²) < 4.78 is 39.9. The van der Waals surface area contributed by atoms with E-state index in [1.54, 1.807) is 13.8 Å². The molecule has 2 nitrogen and oxygen atoms in total. The van der Waals surface area contributed by atoms with Crippen LogP contribution in [0.25, 0.3) is 0 Å². The van der Waals surface area contributed by atoms with E-state index in [2.05, 4.69) is 4.74 Å². The maximum atomic E-state index is 11.8. The fraction of sp³-hybridized carbons (Fsp3) is 0.625. The predicted molar refractivity (Wildman–Crippen MR) is 41.0 cm³/mol. The molecule has 0 aromatic heterocycles. The van der Waals surface area contributed by atoms with Crippen molar-refractivity contribution in [1.82, 2.24) is 0 Å². The van der Waals surface area contributed by atoms with Gasteiger partial charge in [0.15, 0.2) is 0 Å². The molecule has 5 heteroatoms. The number of carbonyl (C=O) groups excluding carboxylic acids is 1. The Labute approximate surface area is 74.4 Å². The maximum absolute atomic E-state index is 11.8. The highest BCUT2D eigenvalue weighted by Gasteiger charge is 2.37. The van der Waals surface area contributed by atoms with Gasteiger partial charge in [-0.2, -0.15) is 13.2 Å². The Morgan fingerprint density at radius 3 is 2.08 bits per heavy atom. The van der Waals surface area contributed by atoms with Gasteiger partial charge in [-0.15, -0.1) is 0 Å². The van der Waals surface area contributed by atoms with Gasteiger partial charge in [-0.1, -0.05) is 13.8 Å². The molecule has 0 bridgehead atoms. The molecule has 0 aliphatic rings. The molecule has 0 amide bonds. The van der Waals surface area contributed by atoms with Crippen LogP contribution in [0.2, 0.25) is 0 Å². The molecule has 0 spiro atoms. The van der Waals surface area contributed by atoms with E-state index in [9.17, 15) is 18.0 Å². The Bertz CT molecular complexity index is 216. The van der Waals surface area contributed by atoms with E-state index in [0.29, 0.717) is 6.08 Å². The van der Waals surface area contributed by atoms with E-state index < -0.39 is 12.0 Å². The Kier molecular flexibility index (Phi) is 3.97. The third-order valence-electron chi connectivity index (χ3n) is 1.36. The van der Waals surface area contributed by atoms with E-state index in [1.807, 2.05) is 0 Å². The molecule has 0 aromatic carbocycles. The number of hydrogen-bond acceptors (Lipinski definition) is 2. The average Bonchev–Trinajstić information content (AvgIpc) is 1.96. The number of carbonyl (C=O) groups is 1. The third-order valence-corrected chi connectivity index (χ3v) is 1.36. The van der Waals surface area contributed by atoms with Crippen LogP contribution in [0.5, 0.6) is 0 Å². The van der Waals surface area contributed by atoms with Gasteiger partial charge in [0.2, 0.25) is 0 Å². The molecule has 0 heterocycles. The number of hydrogen-bond donors (Lipinski definition) is 0. The van der Waals surface area contributed by atoms with Crippen LogP contribution in [0, 0.1) is 5.92 Å². The molecule has 0 aromatic rings. The molecule has 0 saturated carbocycles. The predicted octanol–water partition coefficient (Wildman–Crippen LogP) is 2.30. The minimum Gasteiger partial charge on any atom is -0.501 e. The van der Waals surface area contributed by atoms with Crippen molar-refractivity contribution in [3.63, 3.8) is 0 Å². The Hall–Kier alpha value is -1.00. The van der Waals surface area contributed by atoms with Crippen LogP contribution < -0.4 is 0 Å². The average molecular weight is 196 g/mol. The molecule has 0 fully saturated rings. The van der Waals surface area contributed by atoms with Crippen molar-refractivity contribution in [1.29, 1.82) is 0 Å². The molecule has 0 rings (SSSR count). The molecule has 0 unspecified atom stereocenters. The van der Waals surface area contributed by atoms with Gasteiger partial charge in [0.1, 0.15) is 5.76 Å². The van der Waals surface area contributed by atoms with Gasteiger partial charge < -0.3 is 4.74 Å². The van der Waals surface area contributed by atoms with Crippen molar-refractivity contribution in [2.75, 3.05) is 7.11 Å². The lowest BCUT2D eigenvalue weighted by atomic mass is 10.1. The second-order valence-electron chi connectivity index (χ2n) is 2.77. The normalized spacial score (nSPS) is 13.3. The standard InChI is InChI=1S/C8H11F3O2/c1-5(2)6(13-3)4-7(12)8(9,10)11/h4-5H,1-3H3/b6-4-. The summed E-state index contributed by atoms with van der Waals surface area (Å²) in [6.07, 6.45) is -4.34. The van der Waals surface area contributed by atoms with Crippen LogP contribution in [-0.2, 0) is 9.53 Å². The number of halogens is 3. The minimum absolute atomic E-state index is 0.0299. The zero-order valence-corrected chi connectivity index (χ0v) is 7.61. The Balaban J connectivity index is 4.62. The van der Waals surface area contributed by atoms with Crippen molar-refractivity contribution in [3.8, 4) is 0 Å². The summed E-state index contributed by atoms with van der Waals surface area (Å²) in [5.41, 5.74) is 0. The van der Waals surface area contributed by atoms with Crippen LogP contribution >= 0.6 is 0 Å². The van der Waals surface area contributed by atoms with E-state index >= 15 is 0 Å². The molecule has 0 radical (unpaired) electrons. The molecular formula is C8H11F3O2. The zero-order valence-electron chi connectivity index (χ0n) is 7.61. The quantitative estimate of drug-likeness (QED) is 0.511. The SMILES string of the molecule is CO/C(=C\C(=O)C(F)(F)F)C(C)C. The lowest BCUT2D eigenvalue weighted by molar-refractivity contribution is -0.165. The zero-order chi connectivity index (χ0) is 10.6. The van der Waals surface area contributed by atoms with Crippen molar-refractivity contribution in [2.24, 2.45) is 5.92 Å². The first-order valence-electron chi connectivity index (χ1n) is 3.65. The summed E-state index contributed by atoms with van der Waals surface area (Å²) in [4.78, 5) is 10.5. The smallest absolute Gasteiger partial charge is 0.454 e. The summed E-state index contributed by atoms with van der Waals surface area (Å²) in [7, 11) is 1.23. The summed E-state index contributed by atoms with van der Waals surface area (Å²) in [6.45, 7) is 3.28. The van der Waals surface area contributed by atoms with Gasteiger partial charge in [-0.05, 0) is 0 Å². The fourth-order valence-electron chi connectivity index (χ4n) is 0.672. The van der Waals surface area contributed by atoms with Gasteiger partial charge in [0.25, 0.3) is 5.78 Å². The van der Waals surface area contributed by atoms with Crippen molar-refractivity contribution < 1.29 is 22.7 Å². The summed E-state index contributed by atoms with van der Waals surface area (Å²) >= 11 is 0. The topological polar surface area (TPSA) is 26.3 Å². The summed E-state index contributed by atoms with van der Waals surface area (Å²) in [6, 6.07) is 0. The van der Waals surface area contributed by atoms with Crippen LogP contribution in [0.15, 0.2) is 11.8 Å². The van der Waals surface area contributed by atoms with E-state index in [1.165, 1.54) is 7.11 Å². The van der Waals surface area contributed by atoms with Gasteiger partial charge >= 0.3 is 6.18 Å². The van der Waals surface area contributed by atoms with Gasteiger partial charge in [0, 0.05) is 12.0 Å². The van der Waals surface area contributed by atoms with Crippen molar-refractivity contribution in [2.45, 2.75) is 20.0 Å². The monoisotopic (exact) mass is 196 g/mol. The second-order valence-corrected chi connectivity index (χ2v) is 2.77. The number of alkyl halides is 3. The largest absolute Gasteiger partial charge is 0.501 e. The first kappa shape index (κ1) is 12.0. The number of allylic oxidation sites excluding steroid dienone is 2. The molecule has 0 N–H and O–H groups in total. The van der Waals surface area contributed by atoms with E-state index in [4.69, 9.17) is 0 Å². The number of rotatable bonds is 3. The molecular weight excluding hydrogens is 185 g/mol. The maximum Gasteiger partial charge on any atom is 0.454 e. The Morgan fingerprint density at radius 1 is 1.38 bits per heavy atom. The van der Waals surface area contributed by atoms with Crippen LogP contribution in [0.1, 0.15) is 13.8 Å². The molecule has 0 aliphatic carbocycles. The molecule has 0 atom stereocenters. The van der Waals surface area contributed by atoms with Crippen molar-refractivity contribution >= 4 is 5.78 Å². The minimum atomic E-state index is -4.82. The fourth-order valence-corrected chi connectivity index (χ4v) is 0.672. The van der Waals surface area contributed by atoms with Gasteiger partial charge in [0.05, 0.1) is 7.11 Å². The second kappa shape index (κ2) is 4.30. The first-order chi connectivity index (χ1) is 5.79. The van der Waals surface area contributed by atoms with Gasteiger partial charge in [-0.25, -0.2) is 0 Å². The molecule has 13 heavy (non-hydrogen) atoms. The lowest BCUT2D eigenvalue weighted by Gasteiger charge is -2.09. The highest BCUT2D eigenvalue weighted by atomic mass is 19.4. The number of ether oxygens (including phenoxy) is 1. The highest BCUT2D eigenvalue weighted by molar-refractivity contribution is 5.94. The third kappa shape index (κ3) is 3.96. The van der Waals surface area contributed by atoms with Gasteiger partial charge in [-0.3, -0.25) is 4.79 Å². The van der Waals surface area contributed by atoms with Crippen molar-refractivity contribution in [3.05, 3.63) is 11.8 Å². The van der Waals surface area contributed by atoms with E-state index in [-0.39, 0.29) is 11.7 Å². The highest BCUT2D eigenvalue weighted by Crippen LogP contribution is 2.19. The number of methoxy groups -OCH3 is 1. The molecule has 76 valence electrons. The summed E-state index contributed by atoms with van der Waals surface area (Å²) in [5, 5.41) is 0. The molecule has 0 saturated heterocycles. The van der Waals surface area contributed by atoms with Crippen LogP contribution in [0.4, 0.5) is 13.2 Å². The Morgan fingerprint density at radius 2 is 1.85 bits per heavy atom. The van der Waals surface area contributed by atoms with Crippen LogP contribution in [-0.4, -0.2) is 19.1 Å².